The fraction of sp³-hybridized carbons (Fsp3) is 0.357. The standard InChI is InChI=1S/C14H17FN2/c1-5-16-13-9(3)10(4)17-14-11(13)6-8(2)7-12(14)15/h6-7H,5H2,1-4H3,(H,16,17). The normalized spacial score (nSPS) is 10.9. The van der Waals surface area contributed by atoms with Crippen LogP contribution in [0.3, 0.4) is 0 Å². The molecule has 0 aliphatic carbocycles. The third kappa shape index (κ3) is 1.97. The molecular weight excluding hydrogens is 215 g/mol. The first-order valence-electron chi connectivity index (χ1n) is 5.85. The second-order valence-electron chi connectivity index (χ2n) is 4.37. The van der Waals surface area contributed by atoms with Crippen molar-refractivity contribution in [1.29, 1.82) is 0 Å². The van der Waals surface area contributed by atoms with Crippen LogP contribution in [0.15, 0.2) is 12.1 Å². The first-order chi connectivity index (χ1) is 8.04. The van der Waals surface area contributed by atoms with Crippen molar-refractivity contribution < 1.29 is 4.39 Å². The lowest BCUT2D eigenvalue weighted by Gasteiger charge is -2.14. The van der Waals surface area contributed by atoms with Crippen LogP contribution in [0, 0.1) is 26.6 Å². The summed E-state index contributed by atoms with van der Waals surface area (Å²) < 4.78 is 13.9. The summed E-state index contributed by atoms with van der Waals surface area (Å²) in [4.78, 5) is 4.34. The Morgan fingerprint density at radius 1 is 1.24 bits per heavy atom. The molecule has 0 amide bonds. The quantitative estimate of drug-likeness (QED) is 0.853. The highest BCUT2D eigenvalue weighted by molar-refractivity contribution is 5.94. The van der Waals surface area contributed by atoms with E-state index in [1.165, 1.54) is 6.07 Å². The third-order valence-corrected chi connectivity index (χ3v) is 3.03. The van der Waals surface area contributed by atoms with Crippen LogP contribution < -0.4 is 5.32 Å². The van der Waals surface area contributed by atoms with Crippen LogP contribution in [0.4, 0.5) is 10.1 Å². The van der Waals surface area contributed by atoms with Crippen LogP contribution in [0.25, 0.3) is 10.9 Å². The SMILES string of the molecule is CCNc1c(C)c(C)nc2c(F)cc(C)cc12. The summed E-state index contributed by atoms with van der Waals surface area (Å²) in [5.41, 5.74) is 4.33. The largest absolute Gasteiger partial charge is 0.385 e. The van der Waals surface area contributed by atoms with Gasteiger partial charge in [0.05, 0.1) is 0 Å². The Balaban J connectivity index is 2.87. The van der Waals surface area contributed by atoms with E-state index in [9.17, 15) is 4.39 Å². The summed E-state index contributed by atoms with van der Waals surface area (Å²) in [5.74, 6) is -0.248. The molecule has 1 N–H and O–H groups in total. The summed E-state index contributed by atoms with van der Waals surface area (Å²) in [5, 5.41) is 4.18. The number of nitrogens with one attached hydrogen (secondary N) is 1. The topological polar surface area (TPSA) is 24.9 Å². The molecule has 2 nitrogen and oxygen atoms in total. The molecule has 2 rings (SSSR count). The number of aromatic nitrogens is 1. The van der Waals surface area contributed by atoms with Crippen molar-refractivity contribution in [3.05, 3.63) is 34.8 Å². The lowest BCUT2D eigenvalue weighted by Crippen LogP contribution is -2.04. The molecule has 0 fully saturated rings. The predicted octanol–water partition coefficient (Wildman–Crippen LogP) is 3.73. The molecule has 2 aromatic rings. The van der Waals surface area contributed by atoms with E-state index in [0.29, 0.717) is 5.52 Å². The second-order valence-corrected chi connectivity index (χ2v) is 4.37. The van der Waals surface area contributed by atoms with E-state index in [1.54, 1.807) is 0 Å². The molecule has 0 aliphatic rings. The molecule has 17 heavy (non-hydrogen) atoms. The minimum Gasteiger partial charge on any atom is -0.385 e. The van der Waals surface area contributed by atoms with Gasteiger partial charge in [0, 0.05) is 23.3 Å². The number of nitrogens with zero attached hydrogens (tertiary/aromatic N) is 1. The fourth-order valence-electron chi connectivity index (χ4n) is 2.08. The second kappa shape index (κ2) is 4.32. The van der Waals surface area contributed by atoms with Crippen molar-refractivity contribution in [2.75, 3.05) is 11.9 Å². The van der Waals surface area contributed by atoms with Crippen LogP contribution in [0.1, 0.15) is 23.7 Å². The molecule has 0 spiro atoms. The monoisotopic (exact) mass is 232 g/mol. The maximum Gasteiger partial charge on any atom is 0.149 e. The van der Waals surface area contributed by atoms with E-state index < -0.39 is 0 Å². The Kier molecular flexibility index (Phi) is 3.01. The number of halogens is 1. The molecule has 90 valence electrons. The summed E-state index contributed by atoms with van der Waals surface area (Å²) in [7, 11) is 0. The van der Waals surface area contributed by atoms with Gasteiger partial charge in [0.1, 0.15) is 11.3 Å². The molecule has 0 bridgehead atoms. The Labute approximate surface area is 101 Å². The number of hydrogen-bond acceptors (Lipinski definition) is 2. The molecule has 1 heterocycles. The molecule has 0 saturated heterocycles. The minimum atomic E-state index is -0.248. The number of pyridine rings is 1. The van der Waals surface area contributed by atoms with E-state index in [2.05, 4.69) is 10.3 Å². The van der Waals surface area contributed by atoms with Crippen LogP contribution in [-0.4, -0.2) is 11.5 Å². The van der Waals surface area contributed by atoms with E-state index in [4.69, 9.17) is 0 Å². The fourth-order valence-corrected chi connectivity index (χ4v) is 2.08. The Bertz CT molecular complexity index is 576. The van der Waals surface area contributed by atoms with Gasteiger partial charge in [-0.1, -0.05) is 0 Å². The summed E-state index contributed by atoms with van der Waals surface area (Å²) in [6.07, 6.45) is 0. The average molecular weight is 232 g/mol. The lowest BCUT2D eigenvalue weighted by atomic mass is 10.0. The lowest BCUT2D eigenvalue weighted by molar-refractivity contribution is 0.635. The number of fused-ring (bicyclic) bond motifs is 1. The molecule has 3 heteroatoms. The van der Waals surface area contributed by atoms with Gasteiger partial charge in [0.25, 0.3) is 0 Å². The highest BCUT2D eigenvalue weighted by Gasteiger charge is 2.12. The van der Waals surface area contributed by atoms with E-state index in [0.717, 1.165) is 34.4 Å². The van der Waals surface area contributed by atoms with E-state index in [-0.39, 0.29) is 5.82 Å². The van der Waals surface area contributed by atoms with Crippen molar-refractivity contribution in [3.8, 4) is 0 Å². The van der Waals surface area contributed by atoms with E-state index in [1.807, 2.05) is 33.8 Å². The molecule has 0 atom stereocenters. The first kappa shape index (κ1) is 11.8. The van der Waals surface area contributed by atoms with Gasteiger partial charge < -0.3 is 5.32 Å². The Hall–Kier alpha value is -1.64. The van der Waals surface area contributed by atoms with Crippen LogP contribution >= 0.6 is 0 Å². The van der Waals surface area contributed by atoms with Gasteiger partial charge in [-0.05, 0) is 51.0 Å². The van der Waals surface area contributed by atoms with Gasteiger partial charge in [-0.3, -0.25) is 0 Å². The summed E-state index contributed by atoms with van der Waals surface area (Å²) in [6, 6.07) is 3.51. The summed E-state index contributed by atoms with van der Waals surface area (Å²) >= 11 is 0. The highest BCUT2D eigenvalue weighted by Crippen LogP contribution is 2.30. The first-order valence-corrected chi connectivity index (χ1v) is 5.85. The molecular formula is C14H17FN2. The molecule has 0 saturated carbocycles. The zero-order valence-electron chi connectivity index (χ0n) is 10.7. The zero-order valence-corrected chi connectivity index (χ0v) is 10.7. The van der Waals surface area contributed by atoms with Crippen molar-refractivity contribution in [2.24, 2.45) is 0 Å². The smallest absolute Gasteiger partial charge is 0.149 e. The van der Waals surface area contributed by atoms with Gasteiger partial charge in [0.15, 0.2) is 0 Å². The van der Waals surface area contributed by atoms with Crippen molar-refractivity contribution >= 4 is 16.6 Å². The Morgan fingerprint density at radius 3 is 2.59 bits per heavy atom. The van der Waals surface area contributed by atoms with Gasteiger partial charge >= 0.3 is 0 Å². The van der Waals surface area contributed by atoms with Gasteiger partial charge in [-0.15, -0.1) is 0 Å². The Morgan fingerprint density at radius 2 is 1.94 bits per heavy atom. The average Bonchev–Trinajstić information content (AvgIpc) is 2.26. The van der Waals surface area contributed by atoms with Crippen LogP contribution in [0.2, 0.25) is 0 Å². The number of benzene rings is 1. The maximum absolute atomic E-state index is 13.9. The number of rotatable bonds is 2. The van der Waals surface area contributed by atoms with Gasteiger partial charge in [0.2, 0.25) is 0 Å². The van der Waals surface area contributed by atoms with Gasteiger partial charge in [-0.25, -0.2) is 9.37 Å². The predicted molar refractivity (Wildman–Crippen MR) is 70.1 cm³/mol. The number of aryl methyl sites for hydroxylation is 2. The maximum atomic E-state index is 13.9. The highest BCUT2D eigenvalue weighted by atomic mass is 19.1. The molecule has 1 aromatic carbocycles. The molecule has 0 radical (unpaired) electrons. The molecule has 1 aromatic heterocycles. The molecule has 0 aliphatic heterocycles. The van der Waals surface area contributed by atoms with Crippen molar-refractivity contribution in [1.82, 2.24) is 4.98 Å². The van der Waals surface area contributed by atoms with Crippen LogP contribution in [-0.2, 0) is 0 Å². The van der Waals surface area contributed by atoms with Crippen LogP contribution in [0.5, 0.6) is 0 Å². The zero-order chi connectivity index (χ0) is 12.6. The molecule has 0 unspecified atom stereocenters. The van der Waals surface area contributed by atoms with Crippen molar-refractivity contribution in [2.45, 2.75) is 27.7 Å². The summed E-state index contributed by atoms with van der Waals surface area (Å²) in [6.45, 7) is 8.67. The number of anilines is 1. The minimum absolute atomic E-state index is 0.248. The number of hydrogen-bond donors (Lipinski definition) is 1. The van der Waals surface area contributed by atoms with Crippen molar-refractivity contribution in [3.63, 3.8) is 0 Å². The third-order valence-electron chi connectivity index (χ3n) is 3.03. The van der Waals surface area contributed by atoms with Gasteiger partial charge in [-0.2, -0.15) is 0 Å². The van der Waals surface area contributed by atoms with E-state index >= 15 is 0 Å².